The lowest BCUT2D eigenvalue weighted by Crippen LogP contribution is -2.27. The van der Waals surface area contributed by atoms with Crippen LogP contribution >= 0.6 is 0 Å². The number of phenols is 1. The highest BCUT2D eigenvalue weighted by molar-refractivity contribution is 7.92. The second-order valence-electron chi connectivity index (χ2n) is 7.99. The number of sulfonamides is 1. The molecular weight excluding hydrogens is 420 g/mol. The molecule has 0 spiro atoms. The molecule has 0 bridgehead atoms. The molecule has 0 saturated carbocycles. The standard InChI is InChI=1S/C22H30N2O6S/c1-14(2)10-17-12-18(30-4)8-9-20(17)31(28,29)24-19-7-5-6-16(21(19)25)11-15(3)13-23-22(26)27/h5-9,12,14-15,23-25H,10-11,13H2,1-4H3,(H,26,27)/t15-/m1/s1. The van der Waals surface area contributed by atoms with Crippen molar-refractivity contribution in [3.63, 3.8) is 0 Å². The van der Waals surface area contributed by atoms with Crippen LogP contribution in [-0.2, 0) is 22.9 Å². The van der Waals surface area contributed by atoms with Crippen molar-refractivity contribution < 1.29 is 28.2 Å². The van der Waals surface area contributed by atoms with Crippen LogP contribution in [-0.4, -0.2) is 38.4 Å². The summed E-state index contributed by atoms with van der Waals surface area (Å²) < 4.78 is 34.0. The summed E-state index contributed by atoms with van der Waals surface area (Å²) in [5.74, 6) is 0.544. The SMILES string of the molecule is COc1ccc(S(=O)(=O)Nc2cccc(C[C@@H](C)CNC(=O)O)c2O)c(CC(C)C)c1. The van der Waals surface area contributed by atoms with Gasteiger partial charge in [-0.3, -0.25) is 4.72 Å². The number of ether oxygens (including phenoxy) is 1. The van der Waals surface area contributed by atoms with E-state index in [4.69, 9.17) is 9.84 Å². The van der Waals surface area contributed by atoms with Gasteiger partial charge in [0, 0.05) is 6.54 Å². The highest BCUT2D eigenvalue weighted by atomic mass is 32.2. The maximum absolute atomic E-state index is 13.1. The first kappa shape index (κ1) is 24.3. The summed E-state index contributed by atoms with van der Waals surface area (Å²) >= 11 is 0. The van der Waals surface area contributed by atoms with E-state index in [1.165, 1.54) is 19.2 Å². The van der Waals surface area contributed by atoms with E-state index in [-0.39, 0.29) is 34.7 Å². The van der Waals surface area contributed by atoms with Crippen LogP contribution in [0, 0.1) is 11.8 Å². The Balaban J connectivity index is 2.31. The molecule has 1 amide bonds. The molecule has 2 aromatic carbocycles. The maximum atomic E-state index is 13.1. The molecule has 0 saturated heterocycles. The number of carboxylic acid groups (broad SMARTS) is 1. The van der Waals surface area contributed by atoms with E-state index in [0.717, 1.165) is 0 Å². The third-order valence-electron chi connectivity index (χ3n) is 4.72. The van der Waals surface area contributed by atoms with E-state index in [9.17, 15) is 18.3 Å². The summed E-state index contributed by atoms with van der Waals surface area (Å²) in [5.41, 5.74) is 1.23. The van der Waals surface area contributed by atoms with Crippen LogP contribution < -0.4 is 14.8 Å². The van der Waals surface area contributed by atoms with Crippen LogP contribution in [0.15, 0.2) is 41.3 Å². The van der Waals surface area contributed by atoms with Crippen molar-refractivity contribution in [2.75, 3.05) is 18.4 Å². The molecule has 0 aliphatic carbocycles. The minimum absolute atomic E-state index is 0.0715. The second-order valence-corrected chi connectivity index (χ2v) is 9.64. The largest absolute Gasteiger partial charge is 0.505 e. The summed E-state index contributed by atoms with van der Waals surface area (Å²) in [6, 6.07) is 9.62. The Morgan fingerprint density at radius 2 is 1.81 bits per heavy atom. The number of para-hydroxylation sites is 1. The van der Waals surface area contributed by atoms with Crippen molar-refractivity contribution in [2.45, 2.75) is 38.5 Å². The first-order valence-corrected chi connectivity index (χ1v) is 11.5. The summed E-state index contributed by atoms with van der Waals surface area (Å²) in [6.45, 7) is 6.05. The van der Waals surface area contributed by atoms with Gasteiger partial charge in [0.05, 0.1) is 17.7 Å². The summed E-state index contributed by atoms with van der Waals surface area (Å²) in [4.78, 5) is 10.8. The molecule has 170 valence electrons. The van der Waals surface area contributed by atoms with Gasteiger partial charge in [-0.15, -0.1) is 0 Å². The van der Waals surface area contributed by atoms with Crippen molar-refractivity contribution >= 4 is 21.8 Å². The highest BCUT2D eigenvalue weighted by Gasteiger charge is 2.22. The molecule has 8 nitrogen and oxygen atoms in total. The molecule has 0 unspecified atom stereocenters. The number of amides is 1. The number of anilines is 1. The molecule has 0 aliphatic heterocycles. The summed E-state index contributed by atoms with van der Waals surface area (Å²) in [7, 11) is -2.43. The zero-order valence-corrected chi connectivity index (χ0v) is 19.0. The Bertz CT molecular complexity index is 1020. The smallest absolute Gasteiger partial charge is 0.404 e. The quantitative estimate of drug-likeness (QED) is 0.408. The maximum Gasteiger partial charge on any atom is 0.404 e. The van der Waals surface area contributed by atoms with Crippen LogP contribution in [0.5, 0.6) is 11.5 Å². The van der Waals surface area contributed by atoms with Crippen molar-refractivity contribution in [1.82, 2.24) is 5.32 Å². The van der Waals surface area contributed by atoms with Gasteiger partial charge in [-0.2, -0.15) is 0 Å². The van der Waals surface area contributed by atoms with E-state index >= 15 is 0 Å². The lowest BCUT2D eigenvalue weighted by Gasteiger charge is -2.17. The lowest BCUT2D eigenvalue weighted by atomic mass is 10.00. The fraction of sp³-hybridized carbons (Fsp3) is 0.409. The molecule has 2 aromatic rings. The van der Waals surface area contributed by atoms with Crippen LogP contribution in [0.1, 0.15) is 31.9 Å². The zero-order chi connectivity index (χ0) is 23.2. The number of rotatable bonds is 10. The average molecular weight is 451 g/mol. The van der Waals surface area contributed by atoms with E-state index < -0.39 is 16.1 Å². The summed E-state index contributed by atoms with van der Waals surface area (Å²) in [5, 5.41) is 21.7. The van der Waals surface area contributed by atoms with Crippen LogP contribution in [0.25, 0.3) is 0 Å². The molecule has 0 heterocycles. The predicted octanol–water partition coefficient (Wildman–Crippen LogP) is 3.85. The van der Waals surface area contributed by atoms with Gasteiger partial charge in [-0.05, 0) is 60.1 Å². The Labute approximate surface area is 183 Å². The highest BCUT2D eigenvalue weighted by Crippen LogP contribution is 2.32. The van der Waals surface area contributed by atoms with E-state index in [0.29, 0.717) is 29.7 Å². The lowest BCUT2D eigenvalue weighted by molar-refractivity contribution is 0.192. The number of hydrogen-bond donors (Lipinski definition) is 4. The first-order valence-electron chi connectivity index (χ1n) is 10.0. The summed E-state index contributed by atoms with van der Waals surface area (Å²) in [6.07, 6.45) is -0.189. The number of nitrogens with one attached hydrogen (secondary N) is 2. The number of hydrogen-bond acceptors (Lipinski definition) is 5. The number of benzene rings is 2. The van der Waals surface area contributed by atoms with Gasteiger partial charge in [-0.1, -0.05) is 32.9 Å². The van der Waals surface area contributed by atoms with Crippen molar-refractivity contribution in [3.8, 4) is 11.5 Å². The molecule has 0 fully saturated rings. The van der Waals surface area contributed by atoms with Crippen LogP contribution in [0.2, 0.25) is 0 Å². The molecule has 1 atom stereocenters. The number of methoxy groups -OCH3 is 1. The third kappa shape index (κ3) is 6.78. The molecule has 2 rings (SSSR count). The van der Waals surface area contributed by atoms with Crippen LogP contribution in [0.3, 0.4) is 0 Å². The zero-order valence-electron chi connectivity index (χ0n) is 18.2. The third-order valence-corrected chi connectivity index (χ3v) is 6.19. The predicted molar refractivity (Wildman–Crippen MR) is 119 cm³/mol. The van der Waals surface area contributed by atoms with Gasteiger partial charge >= 0.3 is 6.09 Å². The molecule has 4 N–H and O–H groups in total. The Hall–Kier alpha value is -2.94. The Morgan fingerprint density at radius 3 is 2.42 bits per heavy atom. The van der Waals surface area contributed by atoms with Gasteiger partial charge < -0.3 is 20.3 Å². The fourth-order valence-corrected chi connectivity index (χ4v) is 4.59. The topological polar surface area (TPSA) is 125 Å². The van der Waals surface area contributed by atoms with E-state index in [2.05, 4.69) is 10.0 Å². The van der Waals surface area contributed by atoms with Crippen molar-refractivity contribution in [3.05, 3.63) is 47.5 Å². The Kier molecular flexibility index (Phi) is 8.15. The number of phenolic OH excluding ortho intramolecular Hbond substituents is 1. The first-order chi connectivity index (χ1) is 14.5. The van der Waals surface area contributed by atoms with Crippen molar-refractivity contribution in [1.29, 1.82) is 0 Å². The van der Waals surface area contributed by atoms with Crippen molar-refractivity contribution in [2.24, 2.45) is 11.8 Å². The Morgan fingerprint density at radius 1 is 1.10 bits per heavy atom. The van der Waals surface area contributed by atoms with Crippen LogP contribution in [0.4, 0.5) is 10.5 Å². The average Bonchev–Trinajstić information content (AvgIpc) is 2.68. The minimum atomic E-state index is -3.96. The molecular formula is C22H30N2O6S. The monoisotopic (exact) mass is 450 g/mol. The number of aromatic hydroxyl groups is 1. The normalized spacial score (nSPS) is 12.4. The van der Waals surface area contributed by atoms with Gasteiger partial charge in [-0.25, -0.2) is 13.2 Å². The number of carbonyl (C=O) groups is 1. The minimum Gasteiger partial charge on any atom is -0.505 e. The van der Waals surface area contributed by atoms with E-state index in [1.807, 2.05) is 20.8 Å². The van der Waals surface area contributed by atoms with Gasteiger partial charge in [0.15, 0.2) is 0 Å². The van der Waals surface area contributed by atoms with Gasteiger partial charge in [0.1, 0.15) is 11.5 Å². The van der Waals surface area contributed by atoms with Gasteiger partial charge in [0.25, 0.3) is 10.0 Å². The molecule has 0 radical (unpaired) electrons. The van der Waals surface area contributed by atoms with E-state index in [1.54, 1.807) is 24.3 Å². The fourth-order valence-electron chi connectivity index (χ4n) is 3.29. The molecule has 31 heavy (non-hydrogen) atoms. The molecule has 9 heteroatoms. The molecule has 0 aliphatic rings. The van der Waals surface area contributed by atoms with Gasteiger partial charge in [0.2, 0.25) is 0 Å². The second kappa shape index (κ2) is 10.4. The molecule has 0 aromatic heterocycles.